The average Bonchev–Trinajstić information content (AvgIpc) is 2.98. The van der Waals surface area contributed by atoms with E-state index in [1.54, 1.807) is 12.5 Å². The second-order valence-electron chi connectivity index (χ2n) is 4.23. The number of nitrogens with one attached hydrogen (secondary N) is 1. The zero-order chi connectivity index (χ0) is 13.8. The Hall–Kier alpha value is -0.780. The molecule has 2 aromatic rings. The van der Waals surface area contributed by atoms with Crippen LogP contribution in [0.2, 0.25) is 5.02 Å². The maximum Gasteiger partial charge on any atom is 0.174 e. The van der Waals surface area contributed by atoms with Gasteiger partial charge in [-0.25, -0.2) is 0 Å². The number of nitrogens with zero attached hydrogens (tertiary/aromatic N) is 2. The van der Waals surface area contributed by atoms with Gasteiger partial charge in [0.1, 0.15) is 0 Å². The summed E-state index contributed by atoms with van der Waals surface area (Å²) in [6.07, 6.45) is 4.40. The molecule has 0 aliphatic carbocycles. The molecule has 0 fully saturated rings. The third kappa shape index (κ3) is 3.04. The summed E-state index contributed by atoms with van der Waals surface area (Å²) in [5.41, 5.74) is 2.00. The third-order valence-electron chi connectivity index (χ3n) is 2.96. The summed E-state index contributed by atoms with van der Waals surface area (Å²) in [5, 5.41) is 8.47. The van der Waals surface area contributed by atoms with Crippen molar-refractivity contribution >= 4 is 27.5 Å². The second-order valence-corrected chi connectivity index (χ2v) is 5.36. The van der Waals surface area contributed by atoms with Gasteiger partial charge in [0.2, 0.25) is 0 Å². The fourth-order valence-electron chi connectivity index (χ4n) is 2.06. The van der Waals surface area contributed by atoms with Crippen molar-refractivity contribution in [3.63, 3.8) is 0 Å². The zero-order valence-corrected chi connectivity index (χ0v) is 13.3. The van der Waals surface area contributed by atoms with Crippen LogP contribution in [0.3, 0.4) is 0 Å². The largest absolute Gasteiger partial charge is 0.457 e. The van der Waals surface area contributed by atoms with Crippen LogP contribution < -0.4 is 5.32 Å². The third-order valence-corrected chi connectivity index (χ3v) is 3.90. The standard InChI is InChI=1S/C13H17BrClN3O/c1-3-6-16-11(9-5-7-19-13(9)14)12-10(15)8-17-18(12)4-2/h5,7-8,11,16H,3-4,6H2,1-2H3. The normalized spacial score (nSPS) is 12.8. The lowest BCUT2D eigenvalue weighted by atomic mass is 10.1. The summed E-state index contributed by atoms with van der Waals surface area (Å²) in [6.45, 7) is 5.86. The summed E-state index contributed by atoms with van der Waals surface area (Å²) in [4.78, 5) is 0. The maximum absolute atomic E-state index is 6.30. The molecule has 1 atom stereocenters. The average molecular weight is 347 g/mol. The van der Waals surface area contributed by atoms with Gasteiger partial charge in [0, 0.05) is 12.1 Å². The van der Waals surface area contributed by atoms with E-state index >= 15 is 0 Å². The van der Waals surface area contributed by atoms with E-state index in [0.29, 0.717) is 5.02 Å². The van der Waals surface area contributed by atoms with Gasteiger partial charge in [-0.15, -0.1) is 0 Å². The minimum Gasteiger partial charge on any atom is -0.457 e. The SMILES string of the molecule is CCCNC(c1ccoc1Br)c1c(Cl)cnn1CC. The van der Waals surface area contributed by atoms with E-state index in [4.69, 9.17) is 16.0 Å². The highest BCUT2D eigenvalue weighted by molar-refractivity contribution is 9.10. The highest BCUT2D eigenvalue weighted by atomic mass is 79.9. The fourth-order valence-corrected chi connectivity index (χ4v) is 2.78. The number of halogens is 2. The zero-order valence-electron chi connectivity index (χ0n) is 11.0. The monoisotopic (exact) mass is 345 g/mol. The minimum atomic E-state index is -0.0250. The van der Waals surface area contributed by atoms with E-state index in [9.17, 15) is 0 Å². The van der Waals surface area contributed by atoms with Crippen molar-refractivity contribution in [2.75, 3.05) is 6.54 Å². The van der Waals surface area contributed by atoms with Gasteiger partial charge in [-0.3, -0.25) is 4.68 Å². The molecule has 0 spiro atoms. The number of furan rings is 1. The lowest BCUT2D eigenvalue weighted by Crippen LogP contribution is -2.26. The fraction of sp³-hybridized carbons (Fsp3) is 0.462. The van der Waals surface area contributed by atoms with Gasteiger partial charge in [0.15, 0.2) is 4.67 Å². The molecule has 104 valence electrons. The molecule has 2 heterocycles. The lowest BCUT2D eigenvalue weighted by Gasteiger charge is -2.19. The Morgan fingerprint density at radius 2 is 2.32 bits per heavy atom. The topological polar surface area (TPSA) is 43.0 Å². The lowest BCUT2D eigenvalue weighted by molar-refractivity contribution is 0.504. The van der Waals surface area contributed by atoms with Crippen LogP contribution in [0.15, 0.2) is 27.6 Å². The summed E-state index contributed by atoms with van der Waals surface area (Å²) < 4.78 is 7.98. The molecular weight excluding hydrogens is 330 g/mol. The molecule has 1 unspecified atom stereocenters. The number of hydrogen-bond acceptors (Lipinski definition) is 3. The van der Waals surface area contributed by atoms with Gasteiger partial charge in [-0.1, -0.05) is 18.5 Å². The van der Waals surface area contributed by atoms with Crippen molar-refractivity contribution in [1.29, 1.82) is 0 Å². The number of aryl methyl sites for hydroxylation is 1. The van der Waals surface area contributed by atoms with Gasteiger partial charge in [-0.05, 0) is 41.9 Å². The molecule has 0 bridgehead atoms. The number of rotatable bonds is 6. The molecule has 19 heavy (non-hydrogen) atoms. The molecule has 0 aromatic carbocycles. The van der Waals surface area contributed by atoms with Crippen molar-refractivity contribution in [3.8, 4) is 0 Å². The summed E-state index contributed by atoms with van der Waals surface area (Å²) in [7, 11) is 0. The molecule has 0 aliphatic heterocycles. The van der Waals surface area contributed by atoms with Crippen LogP contribution in [0.25, 0.3) is 0 Å². The van der Waals surface area contributed by atoms with Gasteiger partial charge in [0.05, 0.1) is 29.2 Å². The first-order valence-corrected chi connectivity index (χ1v) is 7.53. The van der Waals surface area contributed by atoms with Crippen LogP contribution in [0, 0.1) is 0 Å². The van der Waals surface area contributed by atoms with Crippen molar-refractivity contribution in [3.05, 3.63) is 39.5 Å². The molecule has 0 saturated carbocycles. The van der Waals surface area contributed by atoms with Crippen LogP contribution in [-0.4, -0.2) is 16.3 Å². The van der Waals surface area contributed by atoms with E-state index in [1.165, 1.54) is 0 Å². The molecule has 0 saturated heterocycles. The molecule has 2 rings (SSSR count). The van der Waals surface area contributed by atoms with Gasteiger partial charge in [0.25, 0.3) is 0 Å². The summed E-state index contributed by atoms with van der Waals surface area (Å²) in [5.74, 6) is 0. The Kier molecular flexibility index (Phi) is 5.07. The van der Waals surface area contributed by atoms with E-state index in [2.05, 4.69) is 33.3 Å². The Bertz CT molecular complexity index is 538. The molecule has 0 aliphatic rings. The van der Waals surface area contributed by atoms with E-state index in [1.807, 2.05) is 17.7 Å². The first kappa shape index (κ1) is 14.6. The molecule has 2 aromatic heterocycles. The highest BCUT2D eigenvalue weighted by Crippen LogP contribution is 2.33. The molecule has 6 heteroatoms. The van der Waals surface area contributed by atoms with E-state index < -0.39 is 0 Å². The van der Waals surface area contributed by atoms with E-state index in [0.717, 1.165) is 35.4 Å². The van der Waals surface area contributed by atoms with Gasteiger partial charge in [-0.2, -0.15) is 5.10 Å². The van der Waals surface area contributed by atoms with Gasteiger partial charge >= 0.3 is 0 Å². The van der Waals surface area contributed by atoms with Crippen molar-refractivity contribution in [2.45, 2.75) is 32.9 Å². The minimum absolute atomic E-state index is 0.0250. The Balaban J connectivity index is 2.42. The summed E-state index contributed by atoms with van der Waals surface area (Å²) in [6, 6.07) is 1.92. The summed E-state index contributed by atoms with van der Waals surface area (Å²) >= 11 is 9.73. The number of hydrogen-bond donors (Lipinski definition) is 1. The smallest absolute Gasteiger partial charge is 0.174 e. The molecule has 1 N–H and O–H groups in total. The predicted octanol–water partition coefficient (Wildman–Crippen LogP) is 4.00. The number of aromatic nitrogens is 2. The van der Waals surface area contributed by atoms with Gasteiger partial charge < -0.3 is 9.73 Å². The van der Waals surface area contributed by atoms with Crippen molar-refractivity contribution < 1.29 is 4.42 Å². The van der Waals surface area contributed by atoms with Crippen LogP contribution in [-0.2, 0) is 6.54 Å². The quantitative estimate of drug-likeness (QED) is 0.859. The molecule has 4 nitrogen and oxygen atoms in total. The van der Waals surface area contributed by atoms with E-state index in [-0.39, 0.29) is 6.04 Å². The van der Waals surface area contributed by atoms with Crippen LogP contribution in [0.1, 0.15) is 37.6 Å². The highest BCUT2D eigenvalue weighted by Gasteiger charge is 2.24. The molecule has 0 radical (unpaired) electrons. The molecule has 0 amide bonds. The Labute approximate surface area is 126 Å². The first-order chi connectivity index (χ1) is 9.19. The van der Waals surface area contributed by atoms with Crippen LogP contribution in [0.4, 0.5) is 0 Å². The van der Waals surface area contributed by atoms with Crippen LogP contribution >= 0.6 is 27.5 Å². The van der Waals surface area contributed by atoms with Crippen molar-refractivity contribution in [1.82, 2.24) is 15.1 Å². The van der Waals surface area contributed by atoms with Crippen LogP contribution in [0.5, 0.6) is 0 Å². The Morgan fingerprint density at radius 3 is 2.89 bits per heavy atom. The Morgan fingerprint density at radius 1 is 1.53 bits per heavy atom. The first-order valence-electron chi connectivity index (χ1n) is 6.36. The predicted molar refractivity (Wildman–Crippen MR) is 79.5 cm³/mol. The second kappa shape index (κ2) is 6.59. The maximum atomic E-state index is 6.30. The van der Waals surface area contributed by atoms with Crippen molar-refractivity contribution in [2.24, 2.45) is 0 Å². The molecular formula is C13H17BrClN3O.